The van der Waals surface area contributed by atoms with Gasteiger partial charge in [-0.25, -0.2) is 0 Å². The summed E-state index contributed by atoms with van der Waals surface area (Å²) < 4.78 is 0. The largest absolute Gasteiger partial charge is 0.480 e. The number of Topliss-reactive ketones (excluding diaryl/α,β-unsaturated/α-hetero) is 2. The molecule has 0 spiro atoms. The number of hydrogen-bond donors (Lipinski definition) is 2. The van der Waals surface area contributed by atoms with Crippen LogP contribution in [-0.4, -0.2) is 54.7 Å². The number of aliphatic carboxylic acids is 2. The van der Waals surface area contributed by atoms with Crippen LogP contribution in [0.2, 0.25) is 0 Å². The van der Waals surface area contributed by atoms with Crippen molar-refractivity contribution in [1.29, 1.82) is 0 Å². The molecule has 238 valence electrons. The maximum absolute atomic E-state index is 13.2. The average Bonchev–Trinajstić information content (AvgIpc) is 2.83. The van der Waals surface area contributed by atoms with Crippen molar-refractivity contribution >= 4 is 47.0 Å². The third-order valence-electron chi connectivity index (χ3n) is 9.10. The van der Waals surface area contributed by atoms with Crippen LogP contribution in [0.3, 0.4) is 0 Å². The molecule has 8 heteroatoms. The quantitative estimate of drug-likeness (QED) is 0.124. The summed E-state index contributed by atoms with van der Waals surface area (Å²) in [6.45, 7) is 16.5. The van der Waals surface area contributed by atoms with Gasteiger partial charge in [0.25, 0.3) is 0 Å². The van der Waals surface area contributed by atoms with Crippen LogP contribution < -0.4 is 0 Å². The van der Waals surface area contributed by atoms with E-state index in [4.69, 9.17) is 0 Å². The van der Waals surface area contributed by atoms with Crippen molar-refractivity contribution in [3.8, 4) is 0 Å². The minimum absolute atomic E-state index is 0.0636. The van der Waals surface area contributed by atoms with E-state index >= 15 is 0 Å². The van der Waals surface area contributed by atoms with Crippen LogP contribution in [0.1, 0.15) is 107 Å². The van der Waals surface area contributed by atoms with Crippen LogP contribution in [-0.2, 0) is 19.2 Å². The van der Waals surface area contributed by atoms with Gasteiger partial charge < -0.3 is 10.2 Å². The van der Waals surface area contributed by atoms with E-state index in [0.717, 1.165) is 12.8 Å². The minimum atomic E-state index is -0.889. The molecule has 0 bridgehead atoms. The van der Waals surface area contributed by atoms with E-state index in [0.29, 0.717) is 38.5 Å². The lowest BCUT2D eigenvalue weighted by Gasteiger charge is -2.39. The van der Waals surface area contributed by atoms with Crippen molar-refractivity contribution in [2.45, 2.75) is 128 Å². The van der Waals surface area contributed by atoms with Gasteiger partial charge in [-0.15, -0.1) is 23.5 Å². The predicted octanol–water partition coefficient (Wildman–Crippen LogP) is 8.09. The monoisotopic (exact) mass is 622 g/mol. The van der Waals surface area contributed by atoms with E-state index in [9.17, 15) is 29.4 Å². The van der Waals surface area contributed by atoms with Crippen molar-refractivity contribution < 1.29 is 29.4 Å². The Hall–Kier alpha value is -1.54. The number of hydrogen-bond acceptors (Lipinski definition) is 6. The molecule has 42 heavy (non-hydrogen) atoms. The molecule has 6 nitrogen and oxygen atoms in total. The molecule has 8 atom stereocenters. The minimum Gasteiger partial charge on any atom is -0.480 e. The van der Waals surface area contributed by atoms with Gasteiger partial charge in [-0.3, -0.25) is 19.2 Å². The fourth-order valence-electron chi connectivity index (χ4n) is 7.17. The van der Waals surface area contributed by atoms with Crippen molar-refractivity contribution in [3.05, 3.63) is 24.3 Å². The first-order chi connectivity index (χ1) is 19.5. The summed E-state index contributed by atoms with van der Waals surface area (Å²) in [4.78, 5) is 50.4. The summed E-state index contributed by atoms with van der Waals surface area (Å²) in [5.41, 5.74) is -0.207. The van der Waals surface area contributed by atoms with E-state index in [2.05, 4.69) is 65.8 Å². The first-order valence-electron chi connectivity index (χ1n) is 15.6. The number of carbonyl (C=O) groups excluding carboxylic acids is 2. The Labute approximate surface area is 262 Å². The second-order valence-corrected chi connectivity index (χ2v) is 17.4. The van der Waals surface area contributed by atoms with Gasteiger partial charge >= 0.3 is 11.9 Å². The Morgan fingerprint density at radius 1 is 0.714 bits per heavy atom. The highest BCUT2D eigenvalue weighted by Crippen LogP contribution is 2.43. The van der Waals surface area contributed by atoms with Crippen LogP contribution in [0.25, 0.3) is 0 Å². The van der Waals surface area contributed by atoms with Crippen LogP contribution in [0.5, 0.6) is 0 Å². The van der Waals surface area contributed by atoms with E-state index in [1.807, 2.05) is 13.8 Å². The number of carboxylic acid groups (broad SMARTS) is 2. The van der Waals surface area contributed by atoms with Gasteiger partial charge in [0.05, 0.1) is 0 Å². The second-order valence-electron chi connectivity index (χ2n) is 14.1. The SMILES string of the molecule is CC(CC(=O)C1C(C)C=CCC1(C)C)SC(CCCCC(SC(C)CC(=O)C1C(C)C=CCC1(C)C)C(=O)O)C(=O)O. The molecule has 0 saturated heterocycles. The molecule has 2 aliphatic carbocycles. The number of ketones is 2. The third kappa shape index (κ3) is 10.6. The summed E-state index contributed by atoms with van der Waals surface area (Å²) in [7, 11) is 0. The smallest absolute Gasteiger partial charge is 0.316 e. The first kappa shape index (κ1) is 36.7. The van der Waals surface area contributed by atoms with Gasteiger partial charge in [0, 0.05) is 35.2 Å². The summed E-state index contributed by atoms with van der Waals surface area (Å²) in [5.74, 6) is -1.15. The number of unbranched alkanes of at least 4 members (excludes halogenated alkanes) is 1. The number of rotatable bonds is 17. The normalized spacial score (nSPS) is 27.5. The summed E-state index contributed by atoms with van der Waals surface area (Å²) in [6, 6.07) is 0. The molecule has 0 aromatic rings. The maximum Gasteiger partial charge on any atom is 0.316 e. The lowest BCUT2D eigenvalue weighted by Crippen LogP contribution is -2.38. The zero-order valence-electron chi connectivity index (χ0n) is 26.9. The Morgan fingerprint density at radius 2 is 1.05 bits per heavy atom. The Kier molecular flexibility index (Phi) is 13.9. The standard InChI is InChI=1S/C34H54O6S2/c1-21-13-11-17-33(5,6)29(21)25(35)19-23(3)41-27(31(37)38)15-9-10-16-28(32(39)40)42-24(4)20-26(36)30-22(2)14-12-18-34(30,7)8/h11-14,21-24,27-30H,9-10,15-20H2,1-8H3,(H,37,38)(H,39,40). The Bertz CT molecular complexity index is 936. The Balaban J connectivity index is 1.84. The van der Waals surface area contributed by atoms with Gasteiger partial charge in [0.15, 0.2) is 0 Å². The molecule has 2 rings (SSSR count). The molecule has 2 aliphatic rings. The number of thioether (sulfide) groups is 2. The molecule has 2 N–H and O–H groups in total. The van der Waals surface area contributed by atoms with Crippen molar-refractivity contribution in [2.75, 3.05) is 0 Å². The lowest BCUT2D eigenvalue weighted by atomic mass is 9.65. The highest BCUT2D eigenvalue weighted by molar-refractivity contribution is 8.01. The topological polar surface area (TPSA) is 109 Å². The molecular weight excluding hydrogens is 569 g/mol. The van der Waals surface area contributed by atoms with Gasteiger partial charge in [0.2, 0.25) is 0 Å². The van der Waals surface area contributed by atoms with E-state index in [-0.39, 0.29) is 56.6 Å². The van der Waals surface area contributed by atoms with E-state index in [1.165, 1.54) is 23.5 Å². The summed E-state index contributed by atoms with van der Waals surface area (Å²) >= 11 is 2.68. The first-order valence-corrected chi connectivity index (χ1v) is 17.5. The molecule has 0 aliphatic heterocycles. The predicted molar refractivity (Wildman–Crippen MR) is 175 cm³/mol. The van der Waals surface area contributed by atoms with Crippen LogP contribution >= 0.6 is 23.5 Å². The number of allylic oxidation sites excluding steroid dienone is 4. The van der Waals surface area contributed by atoms with Gasteiger partial charge in [0.1, 0.15) is 22.1 Å². The van der Waals surface area contributed by atoms with Crippen LogP contribution in [0, 0.1) is 34.5 Å². The van der Waals surface area contributed by atoms with Gasteiger partial charge in [-0.05, 0) is 48.3 Å². The van der Waals surface area contributed by atoms with E-state index in [1.54, 1.807) is 0 Å². The van der Waals surface area contributed by atoms with Crippen LogP contribution in [0.4, 0.5) is 0 Å². The highest BCUT2D eigenvalue weighted by Gasteiger charge is 2.41. The van der Waals surface area contributed by atoms with Gasteiger partial charge in [-0.1, -0.05) is 92.5 Å². The van der Waals surface area contributed by atoms with Crippen molar-refractivity contribution in [1.82, 2.24) is 0 Å². The van der Waals surface area contributed by atoms with Gasteiger partial charge in [-0.2, -0.15) is 0 Å². The lowest BCUT2D eigenvalue weighted by molar-refractivity contribution is -0.137. The fraction of sp³-hybridized carbons (Fsp3) is 0.765. The van der Waals surface area contributed by atoms with E-state index < -0.39 is 22.4 Å². The Morgan fingerprint density at radius 3 is 1.33 bits per heavy atom. The molecular formula is C34H54O6S2. The average molecular weight is 623 g/mol. The molecule has 8 unspecified atom stereocenters. The van der Waals surface area contributed by atoms with Crippen LogP contribution in [0.15, 0.2) is 24.3 Å². The summed E-state index contributed by atoms with van der Waals surface area (Å²) in [6.07, 6.45) is 13.0. The molecule has 0 aromatic carbocycles. The third-order valence-corrected chi connectivity index (χ3v) is 11.9. The van der Waals surface area contributed by atoms with Crippen molar-refractivity contribution in [3.63, 3.8) is 0 Å². The number of carbonyl (C=O) groups is 4. The molecule has 0 amide bonds. The zero-order chi connectivity index (χ0) is 31.8. The molecule has 0 radical (unpaired) electrons. The molecule has 0 saturated carbocycles. The maximum atomic E-state index is 13.2. The fourth-order valence-corrected chi connectivity index (χ4v) is 9.65. The number of carboxylic acids is 2. The zero-order valence-corrected chi connectivity index (χ0v) is 28.6. The molecule has 0 aromatic heterocycles. The second kappa shape index (κ2) is 16.0. The summed E-state index contributed by atoms with van der Waals surface area (Å²) in [5, 5.41) is 18.2. The van der Waals surface area contributed by atoms with Crippen molar-refractivity contribution in [2.24, 2.45) is 34.5 Å². The molecule has 0 heterocycles. The molecule has 0 fully saturated rings. The highest BCUT2D eigenvalue weighted by atomic mass is 32.2.